The first-order valence-corrected chi connectivity index (χ1v) is 10.9. The molecule has 3 aromatic rings. The molecule has 0 bridgehead atoms. The molecular formula is C17H22N8O2S2. The van der Waals surface area contributed by atoms with E-state index in [0.717, 1.165) is 21.9 Å². The number of hydrogen-bond donors (Lipinski definition) is 2. The highest BCUT2D eigenvalue weighted by Crippen LogP contribution is 2.28. The molecule has 0 saturated carbocycles. The van der Waals surface area contributed by atoms with Crippen molar-refractivity contribution in [2.75, 3.05) is 42.1 Å². The van der Waals surface area contributed by atoms with E-state index in [0.29, 0.717) is 31.3 Å². The van der Waals surface area contributed by atoms with E-state index < -0.39 is 6.09 Å². The molecular weight excluding hydrogens is 412 g/mol. The fraction of sp³-hybridized carbons (Fsp3) is 0.471. The molecule has 0 aliphatic carbocycles. The van der Waals surface area contributed by atoms with Gasteiger partial charge in [0.25, 0.3) is 0 Å². The summed E-state index contributed by atoms with van der Waals surface area (Å²) in [6, 6.07) is 0. The number of fused-ring (bicyclic) bond motifs is 1. The lowest BCUT2D eigenvalue weighted by Gasteiger charge is -2.33. The third-order valence-corrected chi connectivity index (χ3v) is 5.91. The van der Waals surface area contributed by atoms with Gasteiger partial charge in [0.15, 0.2) is 15.8 Å². The quantitative estimate of drug-likeness (QED) is 0.640. The van der Waals surface area contributed by atoms with Crippen molar-refractivity contribution in [3.8, 4) is 0 Å². The molecule has 1 aliphatic rings. The number of hydroxylamine groups is 2. The summed E-state index contributed by atoms with van der Waals surface area (Å²) in [6.45, 7) is 8.56. The molecule has 3 N–H and O–H groups in total. The molecule has 29 heavy (non-hydrogen) atoms. The normalized spacial score (nSPS) is 15.6. The van der Waals surface area contributed by atoms with Gasteiger partial charge in [-0.25, -0.2) is 19.7 Å². The molecule has 0 unspecified atom stereocenters. The minimum absolute atomic E-state index is 0.0657. The average molecular weight is 435 g/mol. The number of nitrogens with one attached hydrogen (secondary N) is 1. The number of nitrogens with two attached hydrogens (primary N) is 1. The summed E-state index contributed by atoms with van der Waals surface area (Å²) >= 11 is 2.82. The number of rotatable bonds is 3. The topological polar surface area (TPSA) is 122 Å². The van der Waals surface area contributed by atoms with Crippen molar-refractivity contribution < 1.29 is 9.63 Å². The number of amides is 1. The van der Waals surface area contributed by atoms with Crippen LogP contribution in [-0.4, -0.2) is 57.3 Å². The maximum absolute atomic E-state index is 12.2. The number of piperazine rings is 1. The minimum atomic E-state index is -0.540. The lowest BCUT2D eigenvalue weighted by atomic mass is 9.93. The van der Waals surface area contributed by atoms with Gasteiger partial charge in [0, 0.05) is 23.9 Å². The van der Waals surface area contributed by atoms with Crippen LogP contribution in [0, 0.1) is 0 Å². The lowest BCUT2D eigenvalue weighted by Crippen LogP contribution is -2.47. The first-order chi connectivity index (χ1) is 13.8. The van der Waals surface area contributed by atoms with E-state index in [1.54, 1.807) is 10.6 Å². The Morgan fingerprint density at radius 3 is 2.62 bits per heavy atom. The van der Waals surface area contributed by atoms with Crippen molar-refractivity contribution in [2.45, 2.75) is 26.2 Å². The zero-order chi connectivity index (χ0) is 20.6. The molecule has 0 aromatic carbocycles. The van der Waals surface area contributed by atoms with E-state index >= 15 is 0 Å². The summed E-state index contributed by atoms with van der Waals surface area (Å²) in [6.07, 6.45) is -0.540. The molecule has 0 atom stereocenters. The number of aromatic nitrogens is 4. The third kappa shape index (κ3) is 4.38. The maximum atomic E-state index is 12.2. The van der Waals surface area contributed by atoms with E-state index in [9.17, 15) is 4.79 Å². The first kappa shape index (κ1) is 19.7. The number of hydrogen-bond acceptors (Lipinski definition) is 11. The SMILES string of the molecule is CC(C)(C)c1csc(NC(=O)ON2CCN(c3nc(N)nc4scnc34)CC2)n1. The number of thiazole rings is 2. The Labute approximate surface area is 175 Å². The third-order valence-electron chi connectivity index (χ3n) is 4.43. The largest absolute Gasteiger partial charge is 0.432 e. The second-order valence-electron chi connectivity index (χ2n) is 7.62. The number of anilines is 3. The van der Waals surface area contributed by atoms with Crippen LogP contribution < -0.4 is 16.0 Å². The van der Waals surface area contributed by atoms with E-state index in [-0.39, 0.29) is 11.4 Å². The Morgan fingerprint density at radius 1 is 1.17 bits per heavy atom. The van der Waals surface area contributed by atoms with Gasteiger partial charge in [0.1, 0.15) is 5.52 Å². The van der Waals surface area contributed by atoms with Gasteiger partial charge in [-0.1, -0.05) is 20.8 Å². The van der Waals surface area contributed by atoms with Gasteiger partial charge in [-0.05, 0) is 0 Å². The van der Waals surface area contributed by atoms with E-state index in [2.05, 4.69) is 50.9 Å². The number of nitrogen functional groups attached to an aromatic ring is 1. The Hall–Kier alpha value is -2.57. The van der Waals surface area contributed by atoms with Crippen LogP contribution >= 0.6 is 22.7 Å². The Bertz CT molecular complexity index is 1020. The molecule has 0 spiro atoms. The van der Waals surface area contributed by atoms with Crippen LogP contribution in [-0.2, 0) is 10.3 Å². The van der Waals surface area contributed by atoms with Crippen LogP contribution in [0.25, 0.3) is 10.3 Å². The van der Waals surface area contributed by atoms with Gasteiger partial charge in [0.05, 0.1) is 24.3 Å². The molecule has 0 radical (unpaired) electrons. The van der Waals surface area contributed by atoms with Crippen LogP contribution in [0.2, 0.25) is 0 Å². The number of carbonyl (C=O) groups is 1. The monoisotopic (exact) mass is 434 g/mol. The molecule has 4 heterocycles. The molecule has 3 aromatic heterocycles. The molecule has 12 heteroatoms. The van der Waals surface area contributed by atoms with E-state index in [1.807, 2.05) is 5.38 Å². The highest BCUT2D eigenvalue weighted by atomic mass is 32.1. The summed E-state index contributed by atoms with van der Waals surface area (Å²) in [7, 11) is 0. The zero-order valence-electron chi connectivity index (χ0n) is 16.4. The van der Waals surface area contributed by atoms with Crippen LogP contribution in [0.1, 0.15) is 26.5 Å². The number of carbonyl (C=O) groups excluding carboxylic acids is 1. The Kier molecular flexibility index (Phi) is 5.23. The van der Waals surface area contributed by atoms with Crippen molar-refractivity contribution in [3.05, 3.63) is 16.6 Å². The van der Waals surface area contributed by atoms with Gasteiger partial charge in [0.2, 0.25) is 5.95 Å². The summed E-state index contributed by atoms with van der Waals surface area (Å²) in [4.78, 5) is 37.8. The standard InChI is InChI=1S/C17H22N8O2S2/c1-17(2,3)10-8-28-15(20-10)23-16(26)27-25-6-4-24(5-7-25)12-11-13(29-9-19-11)22-14(18)21-12/h8-9H,4-7H2,1-3H3,(H2,18,21,22)(H,20,23,26). The zero-order valence-corrected chi connectivity index (χ0v) is 18.0. The molecule has 154 valence electrons. The van der Waals surface area contributed by atoms with Crippen molar-refractivity contribution in [2.24, 2.45) is 0 Å². The summed E-state index contributed by atoms with van der Waals surface area (Å²) in [5.41, 5.74) is 9.17. The Balaban J connectivity index is 1.33. The lowest BCUT2D eigenvalue weighted by molar-refractivity contribution is -0.0966. The highest BCUT2D eigenvalue weighted by Gasteiger charge is 2.24. The number of nitrogens with zero attached hydrogens (tertiary/aromatic N) is 6. The fourth-order valence-electron chi connectivity index (χ4n) is 2.88. The molecule has 1 aliphatic heterocycles. The van der Waals surface area contributed by atoms with E-state index in [4.69, 9.17) is 10.6 Å². The van der Waals surface area contributed by atoms with Gasteiger partial charge >= 0.3 is 6.09 Å². The predicted octanol–water partition coefficient (Wildman–Crippen LogP) is 2.71. The molecule has 4 rings (SSSR count). The fourth-order valence-corrected chi connectivity index (χ4v) is 4.46. The molecule has 1 amide bonds. The minimum Gasteiger partial charge on any atom is -0.368 e. The van der Waals surface area contributed by atoms with Gasteiger partial charge in [-0.3, -0.25) is 5.32 Å². The van der Waals surface area contributed by atoms with Crippen LogP contribution in [0.4, 0.5) is 21.7 Å². The smallest absolute Gasteiger partial charge is 0.368 e. The first-order valence-electron chi connectivity index (χ1n) is 9.11. The second kappa shape index (κ2) is 7.69. The summed E-state index contributed by atoms with van der Waals surface area (Å²) in [5.74, 6) is 0.947. The molecule has 1 saturated heterocycles. The van der Waals surface area contributed by atoms with Crippen molar-refractivity contribution >= 4 is 56.0 Å². The maximum Gasteiger partial charge on any atom is 0.432 e. The van der Waals surface area contributed by atoms with Gasteiger partial charge in [-0.2, -0.15) is 4.98 Å². The average Bonchev–Trinajstić information content (AvgIpc) is 3.30. The van der Waals surface area contributed by atoms with E-state index in [1.165, 1.54) is 22.7 Å². The molecule has 1 fully saturated rings. The van der Waals surface area contributed by atoms with Crippen LogP contribution in [0.5, 0.6) is 0 Å². The molecule has 10 nitrogen and oxygen atoms in total. The van der Waals surface area contributed by atoms with Crippen molar-refractivity contribution in [3.63, 3.8) is 0 Å². The predicted molar refractivity (Wildman–Crippen MR) is 114 cm³/mol. The summed E-state index contributed by atoms with van der Waals surface area (Å²) < 4.78 is 0. The van der Waals surface area contributed by atoms with Gasteiger partial charge in [-0.15, -0.1) is 27.7 Å². The summed E-state index contributed by atoms with van der Waals surface area (Å²) in [5, 5.41) is 6.80. The van der Waals surface area contributed by atoms with Crippen molar-refractivity contribution in [1.82, 2.24) is 25.0 Å². The highest BCUT2D eigenvalue weighted by molar-refractivity contribution is 7.16. The van der Waals surface area contributed by atoms with Crippen LogP contribution in [0.3, 0.4) is 0 Å². The Morgan fingerprint density at radius 2 is 1.93 bits per heavy atom. The second-order valence-corrected chi connectivity index (χ2v) is 9.31. The van der Waals surface area contributed by atoms with Crippen LogP contribution in [0.15, 0.2) is 10.9 Å². The van der Waals surface area contributed by atoms with Gasteiger partial charge < -0.3 is 15.5 Å². The van der Waals surface area contributed by atoms with Crippen molar-refractivity contribution in [1.29, 1.82) is 0 Å².